The Labute approximate surface area is 127 Å². The van der Waals surface area contributed by atoms with E-state index in [4.69, 9.17) is 10.5 Å². The molecule has 21 heavy (non-hydrogen) atoms. The third-order valence-corrected chi connectivity index (χ3v) is 3.67. The van der Waals surface area contributed by atoms with Crippen LogP contribution >= 0.6 is 0 Å². The van der Waals surface area contributed by atoms with Crippen molar-refractivity contribution in [1.82, 2.24) is 5.32 Å². The molecular formula is C17H26N2O2. The smallest absolute Gasteiger partial charge is 0.251 e. The van der Waals surface area contributed by atoms with Gasteiger partial charge in [-0.2, -0.15) is 0 Å². The SMILES string of the molecule is CC(C)CC(CN)NC(=O)c1ccc(OCC2CC2)cc1. The van der Waals surface area contributed by atoms with Gasteiger partial charge in [0.05, 0.1) is 6.61 Å². The fraction of sp³-hybridized carbons (Fsp3) is 0.588. The first-order chi connectivity index (χ1) is 10.1. The van der Waals surface area contributed by atoms with Crippen LogP contribution in [0.25, 0.3) is 0 Å². The number of hydrogen-bond acceptors (Lipinski definition) is 3. The van der Waals surface area contributed by atoms with Gasteiger partial charge in [0.15, 0.2) is 0 Å². The van der Waals surface area contributed by atoms with Crippen LogP contribution in [0.5, 0.6) is 5.75 Å². The normalized spacial score (nSPS) is 15.8. The molecule has 1 saturated carbocycles. The Kier molecular flexibility index (Phi) is 5.62. The summed E-state index contributed by atoms with van der Waals surface area (Å²) in [7, 11) is 0. The monoisotopic (exact) mass is 290 g/mol. The zero-order valence-electron chi connectivity index (χ0n) is 13.0. The molecule has 0 heterocycles. The first kappa shape index (κ1) is 15.8. The topological polar surface area (TPSA) is 64.3 Å². The molecule has 1 unspecified atom stereocenters. The predicted octanol–water partition coefficient (Wildman–Crippen LogP) is 2.58. The maximum Gasteiger partial charge on any atom is 0.251 e. The fourth-order valence-corrected chi connectivity index (χ4v) is 2.25. The van der Waals surface area contributed by atoms with E-state index in [1.54, 1.807) is 12.1 Å². The molecule has 0 bridgehead atoms. The van der Waals surface area contributed by atoms with Crippen LogP contribution in [0.1, 0.15) is 43.5 Å². The van der Waals surface area contributed by atoms with Gasteiger partial charge in [0.1, 0.15) is 5.75 Å². The summed E-state index contributed by atoms with van der Waals surface area (Å²) < 4.78 is 5.67. The number of rotatable bonds is 8. The van der Waals surface area contributed by atoms with E-state index < -0.39 is 0 Å². The zero-order valence-corrected chi connectivity index (χ0v) is 13.0. The highest BCUT2D eigenvalue weighted by atomic mass is 16.5. The summed E-state index contributed by atoms with van der Waals surface area (Å²) in [6.07, 6.45) is 3.44. The maximum atomic E-state index is 12.2. The summed E-state index contributed by atoms with van der Waals surface area (Å²) in [6.45, 7) is 5.50. The largest absolute Gasteiger partial charge is 0.493 e. The second-order valence-corrected chi connectivity index (χ2v) is 6.31. The lowest BCUT2D eigenvalue weighted by atomic mass is 10.0. The average Bonchev–Trinajstić information content (AvgIpc) is 3.28. The van der Waals surface area contributed by atoms with E-state index in [0.717, 1.165) is 24.7 Å². The average molecular weight is 290 g/mol. The molecule has 1 aromatic rings. The maximum absolute atomic E-state index is 12.2. The summed E-state index contributed by atoms with van der Waals surface area (Å²) in [5, 5.41) is 2.99. The lowest BCUT2D eigenvalue weighted by Gasteiger charge is -2.18. The lowest BCUT2D eigenvalue weighted by molar-refractivity contribution is 0.0933. The van der Waals surface area contributed by atoms with Crippen LogP contribution in [0.2, 0.25) is 0 Å². The van der Waals surface area contributed by atoms with Crippen molar-refractivity contribution in [3.05, 3.63) is 29.8 Å². The number of benzene rings is 1. The molecule has 3 N–H and O–H groups in total. The van der Waals surface area contributed by atoms with E-state index in [0.29, 0.717) is 18.0 Å². The third kappa shape index (κ3) is 5.38. The van der Waals surface area contributed by atoms with Crippen molar-refractivity contribution in [1.29, 1.82) is 0 Å². The highest BCUT2D eigenvalue weighted by Crippen LogP contribution is 2.29. The van der Waals surface area contributed by atoms with Gasteiger partial charge in [-0.25, -0.2) is 0 Å². The van der Waals surface area contributed by atoms with Gasteiger partial charge in [-0.1, -0.05) is 13.8 Å². The second-order valence-electron chi connectivity index (χ2n) is 6.31. The molecule has 1 amide bonds. The van der Waals surface area contributed by atoms with Crippen LogP contribution in [-0.4, -0.2) is 25.1 Å². The quantitative estimate of drug-likeness (QED) is 0.773. The summed E-state index contributed by atoms with van der Waals surface area (Å²) >= 11 is 0. The number of carbonyl (C=O) groups excluding carboxylic acids is 1. The molecule has 4 heteroatoms. The number of ether oxygens (including phenoxy) is 1. The van der Waals surface area contributed by atoms with Gasteiger partial charge in [0.25, 0.3) is 5.91 Å². The zero-order chi connectivity index (χ0) is 15.2. The van der Waals surface area contributed by atoms with Crippen molar-refractivity contribution in [2.24, 2.45) is 17.6 Å². The van der Waals surface area contributed by atoms with Gasteiger partial charge in [0, 0.05) is 18.2 Å². The van der Waals surface area contributed by atoms with Gasteiger partial charge in [-0.05, 0) is 55.4 Å². The Morgan fingerprint density at radius 1 is 1.33 bits per heavy atom. The molecule has 1 aromatic carbocycles. The first-order valence-corrected chi connectivity index (χ1v) is 7.82. The minimum atomic E-state index is -0.0696. The Morgan fingerprint density at radius 2 is 2.00 bits per heavy atom. The van der Waals surface area contributed by atoms with Gasteiger partial charge in [-0.3, -0.25) is 4.79 Å². The van der Waals surface area contributed by atoms with Crippen LogP contribution in [0.3, 0.4) is 0 Å². The number of carbonyl (C=O) groups is 1. The fourth-order valence-electron chi connectivity index (χ4n) is 2.25. The standard InChI is InChI=1S/C17H26N2O2/c1-12(2)9-15(10-18)19-17(20)14-5-7-16(8-6-14)21-11-13-3-4-13/h5-8,12-13,15H,3-4,9-11,18H2,1-2H3,(H,19,20). The van der Waals surface area contributed by atoms with Crippen LogP contribution in [-0.2, 0) is 0 Å². The molecule has 1 aliphatic rings. The molecular weight excluding hydrogens is 264 g/mol. The molecule has 0 spiro atoms. The Bertz CT molecular complexity index is 452. The van der Waals surface area contributed by atoms with E-state index in [9.17, 15) is 4.79 Å². The summed E-state index contributed by atoms with van der Waals surface area (Å²) in [6, 6.07) is 7.36. The van der Waals surface area contributed by atoms with Crippen molar-refractivity contribution in [3.63, 3.8) is 0 Å². The van der Waals surface area contributed by atoms with Gasteiger partial charge in [0.2, 0.25) is 0 Å². The first-order valence-electron chi connectivity index (χ1n) is 7.82. The van der Waals surface area contributed by atoms with E-state index in [2.05, 4.69) is 19.2 Å². The van der Waals surface area contributed by atoms with Gasteiger partial charge >= 0.3 is 0 Å². The molecule has 0 radical (unpaired) electrons. The van der Waals surface area contributed by atoms with Crippen LogP contribution in [0.15, 0.2) is 24.3 Å². The van der Waals surface area contributed by atoms with Gasteiger partial charge < -0.3 is 15.8 Å². The molecule has 0 aliphatic heterocycles. The van der Waals surface area contributed by atoms with E-state index in [1.807, 2.05) is 12.1 Å². The molecule has 0 saturated heterocycles. The van der Waals surface area contributed by atoms with E-state index in [-0.39, 0.29) is 11.9 Å². The lowest BCUT2D eigenvalue weighted by Crippen LogP contribution is -2.41. The number of nitrogens with two attached hydrogens (primary N) is 1. The molecule has 1 fully saturated rings. The number of amides is 1. The van der Waals surface area contributed by atoms with Crippen molar-refractivity contribution in [2.75, 3.05) is 13.2 Å². The Hall–Kier alpha value is -1.55. The highest BCUT2D eigenvalue weighted by molar-refractivity contribution is 5.94. The van der Waals surface area contributed by atoms with Gasteiger partial charge in [-0.15, -0.1) is 0 Å². The summed E-state index contributed by atoms with van der Waals surface area (Å²) in [5.74, 6) is 2.00. The molecule has 1 atom stereocenters. The molecule has 2 rings (SSSR count). The predicted molar refractivity (Wildman–Crippen MR) is 84.4 cm³/mol. The van der Waals surface area contributed by atoms with E-state index >= 15 is 0 Å². The Morgan fingerprint density at radius 3 is 2.52 bits per heavy atom. The van der Waals surface area contributed by atoms with Crippen molar-refractivity contribution in [3.8, 4) is 5.75 Å². The van der Waals surface area contributed by atoms with Crippen LogP contribution in [0, 0.1) is 11.8 Å². The van der Waals surface area contributed by atoms with Crippen LogP contribution < -0.4 is 15.8 Å². The second kappa shape index (κ2) is 7.46. The number of nitrogens with one attached hydrogen (secondary N) is 1. The summed E-state index contributed by atoms with van der Waals surface area (Å²) in [4.78, 5) is 12.2. The van der Waals surface area contributed by atoms with Crippen molar-refractivity contribution in [2.45, 2.75) is 39.2 Å². The minimum absolute atomic E-state index is 0.0308. The molecule has 4 nitrogen and oxygen atoms in total. The minimum Gasteiger partial charge on any atom is -0.493 e. The third-order valence-electron chi connectivity index (χ3n) is 3.67. The van der Waals surface area contributed by atoms with Crippen molar-refractivity contribution >= 4 is 5.91 Å². The van der Waals surface area contributed by atoms with Crippen LogP contribution in [0.4, 0.5) is 0 Å². The molecule has 116 valence electrons. The highest BCUT2D eigenvalue weighted by Gasteiger charge is 2.22. The molecule has 0 aromatic heterocycles. The summed E-state index contributed by atoms with van der Waals surface area (Å²) in [5.41, 5.74) is 6.36. The number of hydrogen-bond donors (Lipinski definition) is 2. The van der Waals surface area contributed by atoms with E-state index in [1.165, 1.54) is 12.8 Å². The van der Waals surface area contributed by atoms with Crippen molar-refractivity contribution < 1.29 is 9.53 Å². The Balaban J connectivity index is 1.85. The molecule has 1 aliphatic carbocycles.